The molecule has 3 aromatic rings. The van der Waals surface area contributed by atoms with Gasteiger partial charge < -0.3 is 20.4 Å². The van der Waals surface area contributed by atoms with Crippen LogP contribution in [0, 0.1) is 0 Å². The van der Waals surface area contributed by atoms with Crippen molar-refractivity contribution in [2.45, 2.75) is 50.7 Å². The fourth-order valence-corrected chi connectivity index (χ4v) is 6.04. The van der Waals surface area contributed by atoms with Crippen LogP contribution in [-0.2, 0) is 13.0 Å². The first kappa shape index (κ1) is 27.3. The fraction of sp³-hybridized carbons (Fsp3) is 0.367. The lowest BCUT2D eigenvalue weighted by molar-refractivity contribution is 0.0709. The zero-order valence-electron chi connectivity index (χ0n) is 22.0. The lowest BCUT2D eigenvalue weighted by Crippen LogP contribution is -2.45. The third kappa shape index (κ3) is 6.48. The molecule has 0 bridgehead atoms. The Labute approximate surface area is 239 Å². The Balaban J connectivity index is 1.21. The first-order valence-electron chi connectivity index (χ1n) is 13.4. The Morgan fingerprint density at radius 1 is 1.03 bits per heavy atom. The van der Waals surface area contributed by atoms with Crippen LogP contribution in [0.4, 0.5) is 10.5 Å². The first-order chi connectivity index (χ1) is 18.9. The molecular weight excluding hydrogens is 533 g/mol. The number of carbonyl (C=O) groups excluding carboxylic acids is 2. The minimum atomic E-state index is -0.270. The number of anilines is 1. The summed E-state index contributed by atoms with van der Waals surface area (Å²) in [7, 11) is 1.90. The second kappa shape index (κ2) is 12.3. The van der Waals surface area contributed by atoms with E-state index in [-0.39, 0.29) is 24.0 Å². The SMILES string of the molecule is CN(C(=O)c1ccc2c(c1)C(NC(=O)NCc1ccc(Cl)cc1Cl)CCC2)C1CCN(c2ccncc2)CC1. The van der Waals surface area contributed by atoms with Crippen LogP contribution in [-0.4, -0.2) is 48.0 Å². The van der Waals surface area contributed by atoms with Gasteiger partial charge in [-0.3, -0.25) is 9.78 Å². The molecule has 1 fully saturated rings. The summed E-state index contributed by atoms with van der Waals surface area (Å²) in [4.78, 5) is 34.6. The number of urea groups is 1. The van der Waals surface area contributed by atoms with Crippen molar-refractivity contribution in [1.82, 2.24) is 20.5 Å². The van der Waals surface area contributed by atoms with E-state index in [1.165, 1.54) is 11.3 Å². The van der Waals surface area contributed by atoms with Crippen molar-refractivity contribution in [3.63, 3.8) is 0 Å². The van der Waals surface area contributed by atoms with Gasteiger partial charge in [-0.1, -0.05) is 35.3 Å². The third-order valence-corrected chi connectivity index (χ3v) is 8.41. The second-order valence-corrected chi connectivity index (χ2v) is 11.1. The normalized spacial score (nSPS) is 17.3. The van der Waals surface area contributed by atoms with E-state index in [0.29, 0.717) is 22.2 Å². The molecule has 1 aromatic heterocycles. The van der Waals surface area contributed by atoms with E-state index in [9.17, 15) is 9.59 Å². The summed E-state index contributed by atoms with van der Waals surface area (Å²) in [6.07, 6.45) is 8.19. The predicted octanol–water partition coefficient (Wildman–Crippen LogP) is 6.01. The second-order valence-electron chi connectivity index (χ2n) is 10.3. The van der Waals surface area contributed by atoms with Gasteiger partial charge in [-0.05, 0) is 85.2 Å². The number of aromatic nitrogens is 1. The van der Waals surface area contributed by atoms with Crippen molar-refractivity contribution in [3.8, 4) is 0 Å². The van der Waals surface area contributed by atoms with E-state index in [4.69, 9.17) is 23.2 Å². The van der Waals surface area contributed by atoms with Crippen molar-refractivity contribution in [3.05, 3.63) is 93.2 Å². The summed E-state index contributed by atoms with van der Waals surface area (Å²) in [6, 6.07) is 15.0. The molecule has 7 nitrogen and oxygen atoms in total. The number of hydrogen-bond donors (Lipinski definition) is 2. The Kier molecular flexibility index (Phi) is 8.58. The van der Waals surface area contributed by atoms with Gasteiger partial charge in [0.25, 0.3) is 5.91 Å². The van der Waals surface area contributed by atoms with Crippen LogP contribution < -0.4 is 15.5 Å². The van der Waals surface area contributed by atoms with Gasteiger partial charge in [-0.25, -0.2) is 4.79 Å². The predicted molar refractivity (Wildman–Crippen MR) is 156 cm³/mol. The number of pyridine rings is 1. The number of halogens is 2. The maximum absolute atomic E-state index is 13.5. The number of piperidine rings is 1. The van der Waals surface area contributed by atoms with Crippen molar-refractivity contribution in [2.75, 3.05) is 25.0 Å². The van der Waals surface area contributed by atoms with E-state index in [0.717, 1.165) is 56.3 Å². The monoisotopic (exact) mass is 565 g/mol. The highest BCUT2D eigenvalue weighted by Crippen LogP contribution is 2.31. The topological polar surface area (TPSA) is 77.6 Å². The van der Waals surface area contributed by atoms with Crippen molar-refractivity contribution >= 4 is 40.8 Å². The minimum absolute atomic E-state index is 0.0197. The maximum Gasteiger partial charge on any atom is 0.315 e. The fourth-order valence-electron chi connectivity index (χ4n) is 5.57. The van der Waals surface area contributed by atoms with Gasteiger partial charge in [0.05, 0.1) is 6.04 Å². The number of carbonyl (C=O) groups is 2. The Morgan fingerprint density at radius 3 is 2.54 bits per heavy atom. The highest BCUT2D eigenvalue weighted by molar-refractivity contribution is 6.35. The highest BCUT2D eigenvalue weighted by Gasteiger charge is 2.28. The zero-order valence-corrected chi connectivity index (χ0v) is 23.5. The number of nitrogens with zero attached hydrogens (tertiary/aromatic N) is 3. The van der Waals surface area contributed by atoms with Crippen molar-refractivity contribution in [2.24, 2.45) is 0 Å². The molecule has 0 radical (unpaired) electrons. The molecule has 1 unspecified atom stereocenters. The van der Waals surface area contributed by atoms with E-state index in [1.807, 2.05) is 54.7 Å². The molecule has 1 aliphatic carbocycles. The molecule has 1 aliphatic heterocycles. The smallest absolute Gasteiger partial charge is 0.315 e. The molecule has 0 spiro atoms. The van der Waals surface area contributed by atoms with Gasteiger partial charge >= 0.3 is 6.03 Å². The Bertz CT molecular complexity index is 1330. The van der Waals surface area contributed by atoms with E-state index in [1.54, 1.807) is 18.2 Å². The molecule has 2 heterocycles. The summed E-state index contributed by atoms with van der Waals surface area (Å²) in [5, 5.41) is 7.06. The molecule has 39 heavy (non-hydrogen) atoms. The van der Waals surface area contributed by atoms with Crippen molar-refractivity contribution < 1.29 is 9.59 Å². The zero-order chi connectivity index (χ0) is 27.4. The summed E-state index contributed by atoms with van der Waals surface area (Å²) in [5.74, 6) is 0.0197. The van der Waals surface area contributed by atoms with Gasteiger partial charge in [0, 0.05) is 66.4 Å². The summed E-state index contributed by atoms with van der Waals surface area (Å²) >= 11 is 12.2. The minimum Gasteiger partial charge on any atom is -0.371 e. The highest BCUT2D eigenvalue weighted by atomic mass is 35.5. The van der Waals surface area contributed by atoms with Crippen LogP contribution in [0.1, 0.15) is 58.8 Å². The van der Waals surface area contributed by atoms with Gasteiger partial charge in [-0.15, -0.1) is 0 Å². The van der Waals surface area contributed by atoms with E-state index >= 15 is 0 Å². The molecular formula is C30H33Cl2N5O2. The molecule has 5 rings (SSSR count). The van der Waals surface area contributed by atoms with E-state index < -0.39 is 0 Å². The van der Waals surface area contributed by atoms with Crippen LogP contribution in [0.2, 0.25) is 10.0 Å². The summed E-state index contributed by atoms with van der Waals surface area (Å²) in [5.41, 5.74) is 4.83. The number of benzene rings is 2. The molecule has 1 atom stereocenters. The lowest BCUT2D eigenvalue weighted by atomic mass is 9.86. The van der Waals surface area contributed by atoms with Crippen molar-refractivity contribution in [1.29, 1.82) is 0 Å². The van der Waals surface area contributed by atoms with Crippen LogP contribution in [0.15, 0.2) is 60.9 Å². The number of hydrogen-bond acceptors (Lipinski definition) is 4. The third-order valence-electron chi connectivity index (χ3n) is 7.83. The lowest BCUT2D eigenvalue weighted by Gasteiger charge is -2.38. The molecule has 204 valence electrons. The first-order valence-corrected chi connectivity index (χ1v) is 14.2. The maximum atomic E-state index is 13.5. The molecule has 0 saturated carbocycles. The van der Waals surface area contributed by atoms with Crippen LogP contribution in [0.25, 0.3) is 0 Å². The van der Waals surface area contributed by atoms with Gasteiger partial charge in [0.1, 0.15) is 0 Å². The van der Waals surface area contributed by atoms with Gasteiger partial charge in [-0.2, -0.15) is 0 Å². The number of amides is 3. The van der Waals surface area contributed by atoms with Gasteiger partial charge in [0.2, 0.25) is 0 Å². The Morgan fingerprint density at radius 2 is 1.79 bits per heavy atom. The standard InChI is InChI=1S/C30H33Cl2N5O2/c1-36(24-11-15-37(16-12-24)25-9-13-33-14-10-25)29(38)21-6-5-20-3-2-4-28(26(20)17-21)35-30(39)34-19-22-7-8-23(31)18-27(22)32/h5-10,13-14,17-18,24,28H,2-4,11-12,15-16,19H2,1H3,(H2,34,35,39). The number of aryl methyl sites for hydroxylation is 1. The quantitative estimate of drug-likeness (QED) is 0.384. The summed E-state index contributed by atoms with van der Waals surface area (Å²) in [6.45, 7) is 2.10. The molecule has 2 aliphatic rings. The number of nitrogens with one attached hydrogen (secondary N) is 2. The van der Waals surface area contributed by atoms with E-state index in [2.05, 4.69) is 20.5 Å². The van der Waals surface area contributed by atoms with Crippen LogP contribution in [0.3, 0.4) is 0 Å². The summed E-state index contributed by atoms with van der Waals surface area (Å²) < 4.78 is 0. The average molecular weight is 567 g/mol. The van der Waals surface area contributed by atoms with Gasteiger partial charge in [0.15, 0.2) is 0 Å². The largest absolute Gasteiger partial charge is 0.371 e. The molecule has 2 N–H and O–H groups in total. The number of rotatable bonds is 6. The average Bonchev–Trinajstić information content (AvgIpc) is 2.96. The number of fused-ring (bicyclic) bond motifs is 1. The van der Waals surface area contributed by atoms with Crippen LogP contribution >= 0.6 is 23.2 Å². The van der Waals surface area contributed by atoms with Crippen LogP contribution in [0.5, 0.6) is 0 Å². The molecule has 1 saturated heterocycles. The molecule has 9 heteroatoms. The Hall–Kier alpha value is -3.29. The molecule has 3 amide bonds. The molecule has 2 aromatic carbocycles.